The Labute approximate surface area is 91.2 Å². The van der Waals surface area contributed by atoms with Crippen molar-refractivity contribution in [1.82, 2.24) is 0 Å². The first-order chi connectivity index (χ1) is 6.50. The number of aryl methyl sites for hydroxylation is 1. The summed E-state index contributed by atoms with van der Waals surface area (Å²) in [4.78, 5) is 10.4. The monoisotopic (exact) mass is 234 g/mol. The number of halogens is 2. The summed E-state index contributed by atoms with van der Waals surface area (Å²) < 4.78 is 4.97. The smallest absolute Gasteiger partial charge is 0.360 e. The van der Waals surface area contributed by atoms with Crippen LogP contribution in [0.1, 0.15) is 5.56 Å². The molecule has 1 N–H and O–H groups in total. The van der Waals surface area contributed by atoms with Crippen LogP contribution < -0.4 is 4.74 Å². The molecule has 0 aliphatic carbocycles. The van der Waals surface area contributed by atoms with Crippen molar-refractivity contribution < 1.29 is 14.6 Å². The molecule has 0 radical (unpaired) electrons. The maximum absolute atomic E-state index is 10.4. The number of ether oxygens (including phenoxy) is 1. The third-order valence-electron chi connectivity index (χ3n) is 1.56. The molecule has 0 amide bonds. The van der Waals surface area contributed by atoms with Gasteiger partial charge in [0.1, 0.15) is 5.75 Å². The molecule has 76 valence electrons. The first-order valence-corrected chi connectivity index (χ1v) is 4.62. The SMILES string of the molecule is Cc1cc(Cl)ccc1OC(Cl)C(=O)O. The minimum absolute atomic E-state index is 0.414. The minimum atomic E-state index is -1.38. The second kappa shape index (κ2) is 4.53. The van der Waals surface area contributed by atoms with Gasteiger partial charge in [0, 0.05) is 5.02 Å². The van der Waals surface area contributed by atoms with Crippen LogP contribution >= 0.6 is 23.2 Å². The summed E-state index contributed by atoms with van der Waals surface area (Å²) in [6.07, 6.45) is 0. The maximum Gasteiger partial charge on any atom is 0.360 e. The summed E-state index contributed by atoms with van der Waals surface area (Å²) in [6, 6.07) is 4.85. The highest BCUT2D eigenvalue weighted by Crippen LogP contribution is 2.23. The van der Waals surface area contributed by atoms with E-state index in [4.69, 9.17) is 33.0 Å². The van der Waals surface area contributed by atoms with E-state index in [1.165, 1.54) is 0 Å². The Morgan fingerprint density at radius 2 is 2.21 bits per heavy atom. The molecule has 0 saturated heterocycles. The van der Waals surface area contributed by atoms with E-state index in [-0.39, 0.29) is 0 Å². The van der Waals surface area contributed by atoms with Crippen molar-refractivity contribution in [3.05, 3.63) is 28.8 Å². The number of hydrogen-bond donors (Lipinski definition) is 1. The van der Waals surface area contributed by atoms with Crippen molar-refractivity contribution in [3.63, 3.8) is 0 Å². The van der Waals surface area contributed by atoms with Crippen LogP contribution in [-0.2, 0) is 4.79 Å². The summed E-state index contributed by atoms with van der Waals surface area (Å²) in [5, 5.41) is 9.07. The fraction of sp³-hybridized carbons (Fsp3) is 0.222. The van der Waals surface area contributed by atoms with Crippen molar-refractivity contribution in [2.75, 3.05) is 0 Å². The number of carboxylic acid groups (broad SMARTS) is 1. The van der Waals surface area contributed by atoms with E-state index < -0.39 is 11.5 Å². The fourth-order valence-corrected chi connectivity index (χ4v) is 1.23. The summed E-state index contributed by atoms with van der Waals surface area (Å²) >= 11 is 11.1. The Morgan fingerprint density at radius 3 is 2.71 bits per heavy atom. The van der Waals surface area contributed by atoms with Crippen LogP contribution in [0.3, 0.4) is 0 Å². The van der Waals surface area contributed by atoms with Gasteiger partial charge in [0.25, 0.3) is 5.56 Å². The van der Waals surface area contributed by atoms with Gasteiger partial charge in [-0.15, -0.1) is 0 Å². The third-order valence-corrected chi connectivity index (χ3v) is 2.07. The molecule has 0 fully saturated rings. The number of benzene rings is 1. The van der Waals surface area contributed by atoms with Crippen LogP contribution in [0.15, 0.2) is 18.2 Å². The molecule has 1 rings (SSSR count). The Hall–Kier alpha value is -0.930. The van der Waals surface area contributed by atoms with Gasteiger partial charge >= 0.3 is 5.97 Å². The number of aliphatic carboxylic acids is 1. The Bertz CT molecular complexity index is 352. The van der Waals surface area contributed by atoms with Gasteiger partial charge in [-0.1, -0.05) is 23.2 Å². The van der Waals surface area contributed by atoms with Crippen LogP contribution in [0.2, 0.25) is 5.02 Å². The maximum atomic E-state index is 10.4. The van der Waals surface area contributed by atoms with E-state index in [1.807, 2.05) is 0 Å². The van der Waals surface area contributed by atoms with Gasteiger partial charge < -0.3 is 9.84 Å². The molecule has 0 aliphatic heterocycles. The zero-order valence-electron chi connectivity index (χ0n) is 7.33. The largest absolute Gasteiger partial charge is 0.478 e. The van der Waals surface area contributed by atoms with E-state index in [2.05, 4.69) is 0 Å². The number of alkyl halides is 1. The second-order valence-corrected chi connectivity index (χ2v) is 3.51. The molecule has 3 nitrogen and oxygen atoms in total. The number of carboxylic acids is 1. The lowest BCUT2D eigenvalue weighted by Gasteiger charge is -2.10. The Kier molecular flexibility index (Phi) is 3.61. The summed E-state index contributed by atoms with van der Waals surface area (Å²) in [5.41, 5.74) is -0.640. The topological polar surface area (TPSA) is 46.5 Å². The standard InChI is InChI=1S/C9H8Cl2O3/c1-5-4-6(10)2-3-7(5)14-8(11)9(12)13/h2-4,8H,1H3,(H,12,13). The van der Waals surface area contributed by atoms with Crippen LogP contribution in [0.5, 0.6) is 5.75 Å². The van der Waals surface area contributed by atoms with E-state index in [0.717, 1.165) is 5.56 Å². The predicted octanol–water partition coefficient (Wildman–Crippen LogP) is 2.68. The van der Waals surface area contributed by atoms with E-state index in [0.29, 0.717) is 10.8 Å². The first kappa shape index (κ1) is 11.1. The van der Waals surface area contributed by atoms with Gasteiger partial charge in [-0.3, -0.25) is 0 Å². The molecule has 0 aliphatic rings. The van der Waals surface area contributed by atoms with E-state index in [9.17, 15) is 4.79 Å². The molecule has 0 spiro atoms. The van der Waals surface area contributed by atoms with Gasteiger partial charge in [-0.05, 0) is 30.7 Å². The molecular formula is C9H8Cl2O3. The molecular weight excluding hydrogens is 227 g/mol. The van der Waals surface area contributed by atoms with Crippen LogP contribution in [0.25, 0.3) is 0 Å². The number of hydrogen-bond acceptors (Lipinski definition) is 2. The lowest BCUT2D eigenvalue weighted by Crippen LogP contribution is -2.20. The summed E-state index contributed by atoms with van der Waals surface area (Å²) in [7, 11) is 0. The molecule has 1 unspecified atom stereocenters. The molecule has 1 atom stereocenters. The van der Waals surface area contributed by atoms with Gasteiger partial charge in [0.05, 0.1) is 0 Å². The molecule has 5 heteroatoms. The third kappa shape index (κ3) is 2.79. The first-order valence-electron chi connectivity index (χ1n) is 3.80. The van der Waals surface area contributed by atoms with Crippen molar-refractivity contribution in [3.8, 4) is 5.75 Å². The molecule has 0 aromatic heterocycles. The average Bonchev–Trinajstić information content (AvgIpc) is 2.09. The molecule has 1 aromatic rings. The van der Waals surface area contributed by atoms with Gasteiger partial charge in [-0.2, -0.15) is 0 Å². The van der Waals surface area contributed by atoms with Crippen molar-refractivity contribution in [2.24, 2.45) is 0 Å². The quantitative estimate of drug-likeness (QED) is 0.819. The predicted molar refractivity (Wildman–Crippen MR) is 54.1 cm³/mol. The molecule has 14 heavy (non-hydrogen) atoms. The number of rotatable bonds is 3. The molecule has 0 bridgehead atoms. The molecule has 1 aromatic carbocycles. The van der Waals surface area contributed by atoms with Crippen LogP contribution in [-0.4, -0.2) is 16.6 Å². The van der Waals surface area contributed by atoms with Crippen LogP contribution in [0, 0.1) is 6.92 Å². The normalized spacial score (nSPS) is 12.2. The fourth-order valence-electron chi connectivity index (χ4n) is 0.907. The van der Waals surface area contributed by atoms with Crippen molar-refractivity contribution in [2.45, 2.75) is 12.5 Å². The molecule has 0 heterocycles. The highest BCUT2D eigenvalue weighted by molar-refractivity contribution is 6.30. The second-order valence-electron chi connectivity index (χ2n) is 2.68. The molecule has 0 saturated carbocycles. The summed E-state index contributed by atoms with van der Waals surface area (Å²) in [5.74, 6) is -0.808. The van der Waals surface area contributed by atoms with Crippen LogP contribution in [0.4, 0.5) is 0 Å². The minimum Gasteiger partial charge on any atom is -0.478 e. The zero-order chi connectivity index (χ0) is 10.7. The Balaban J connectivity index is 2.82. The van der Waals surface area contributed by atoms with Gasteiger partial charge in [0.2, 0.25) is 0 Å². The highest BCUT2D eigenvalue weighted by Gasteiger charge is 2.15. The van der Waals surface area contributed by atoms with Crippen molar-refractivity contribution >= 4 is 29.2 Å². The lowest BCUT2D eigenvalue weighted by molar-refractivity contribution is -0.141. The average molecular weight is 235 g/mol. The highest BCUT2D eigenvalue weighted by atomic mass is 35.5. The van der Waals surface area contributed by atoms with Gasteiger partial charge in [-0.25, -0.2) is 4.79 Å². The zero-order valence-corrected chi connectivity index (χ0v) is 8.84. The van der Waals surface area contributed by atoms with Gasteiger partial charge in [0.15, 0.2) is 0 Å². The van der Waals surface area contributed by atoms with Crippen molar-refractivity contribution in [1.29, 1.82) is 0 Å². The Morgan fingerprint density at radius 1 is 1.57 bits per heavy atom. The lowest BCUT2D eigenvalue weighted by atomic mass is 10.2. The van der Waals surface area contributed by atoms with E-state index >= 15 is 0 Å². The summed E-state index contributed by atoms with van der Waals surface area (Å²) in [6.45, 7) is 1.76. The van der Waals surface area contributed by atoms with E-state index in [1.54, 1.807) is 25.1 Å². The number of carbonyl (C=O) groups is 1.